The molecule has 0 bridgehead atoms. The quantitative estimate of drug-likeness (QED) is 0.558. The first-order valence-corrected chi connectivity index (χ1v) is 12.8. The summed E-state index contributed by atoms with van der Waals surface area (Å²) in [6.07, 6.45) is 0.953. The minimum Gasteiger partial charge on any atom is -0.495 e. The number of para-hydroxylation sites is 1. The lowest BCUT2D eigenvalue weighted by Gasteiger charge is -2.23. The van der Waals surface area contributed by atoms with E-state index in [9.17, 15) is 21.6 Å². The van der Waals surface area contributed by atoms with Gasteiger partial charge in [0.15, 0.2) is 0 Å². The lowest BCUT2D eigenvalue weighted by Crippen LogP contribution is -2.37. The molecule has 2 N–H and O–H groups in total. The summed E-state index contributed by atoms with van der Waals surface area (Å²) >= 11 is 6.10. The van der Waals surface area contributed by atoms with Gasteiger partial charge < -0.3 is 10.1 Å². The molecule has 0 aliphatic carbocycles. The van der Waals surface area contributed by atoms with Gasteiger partial charge in [0.1, 0.15) is 12.3 Å². The molecule has 2 aromatic rings. The highest BCUT2D eigenvalue weighted by atomic mass is 35.5. The van der Waals surface area contributed by atoms with Gasteiger partial charge in [-0.2, -0.15) is 0 Å². The zero-order valence-electron chi connectivity index (χ0n) is 17.4. The number of hydrogen-bond donors (Lipinski definition) is 2. The van der Waals surface area contributed by atoms with Crippen LogP contribution >= 0.6 is 11.6 Å². The summed E-state index contributed by atoms with van der Waals surface area (Å²) in [4.78, 5) is 12.6. The third-order valence-corrected chi connectivity index (χ3v) is 7.06. The predicted octanol–water partition coefficient (Wildman–Crippen LogP) is 2.44. The Morgan fingerprint density at radius 1 is 1.13 bits per heavy atom. The van der Waals surface area contributed by atoms with Gasteiger partial charge in [0.05, 0.1) is 34.7 Å². The molecule has 0 heterocycles. The fourth-order valence-corrected chi connectivity index (χ4v) is 5.12. The normalized spacial score (nSPS) is 11.9. The highest BCUT2D eigenvalue weighted by Crippen LogP contribution is 2.29. The minimum atomic E-state index is -3.84. The van der Waals surface area contributed by atoms with Crippen LogP contribution in [-0.2, 0) is 24.8 Å². The molecule has 0 unspecified atom stereocenters. The molecule has 0 aliphatic rings. The maximum absolute atomic E-state index is 12.7. The van der Waals surface area contributed by atoms with E-state index in [1.165, 1.54) is 37.4 Å². The van der Waals surface area contributed by atoms with E-state index in [-0.39, 0.29) is 33.1 Å². The van der Waals surface area contributed by atoms with E-state index in [4.69, 9.17) is 16.3 Å². The molecule has 1 amide bonds. The van der Waals surface area contributed by atoms with Gasteiger partial charge in [0.25, 0.3) is 0 Å². The van der Waals surface area contributed by atoms with Crippen molar-refractivity contribution >= 4 is 48.9 Å². The summed E-state index contributed by atoms with van der Waals surface area (Å²) in [7, 11) is -6.30. The number of ether oxygens (including phenoxy) is 1. The van der Waals surface area contributed by atoms with Crippen molar-refractivity contribution in [2.24, 2.45) is 0 Å². The minimum absolute atomic E-state index is 0.0757. The van der Waals surface area contributed by atoms with Crippen LogP contribution in [0.15, 0.2) is 47.4 Å². The van der Waals surface area contributed by atoms with E-state index in [1.807, 2.05) is 0 Å². The molecule has 0 radical (unpaired) electrons. The first kappa shape index (κ1) is 24.9. The van der Waals surface area contributed by atoms with Gasteiger partial charge in [-0.15, -0.1) is 0 Å². The highest BCUT2D eigenvalue weighted by Gasteiger charge is 2.24. The Balaban J connectivity index is 2.35. The number of sulfonamides is 2. The number of benzene rings is 2. The monoisotopic (exact) mass is 489 g/mol. The Morgan fingerprint density at radius 3 is 2.32 bits per heavy atom. The van der Waals surface area contributed by atoms with Crippen LogP contribution in [0.2, 0.25) is 5.02 Å². The van der Waals surface area contributed by atoms with Crippen molar-refractivity contribution in [3.05, 3.63) is 47.5 Å². The van der Waals surface area contributed by atoms with Crippen LogP contribution in [-0.4, -0.2) is 48.7 Å². The maximum atomic E-state index is 12.7. The fraction of sp³-hybridized carbons (Fsp3) is 0.316. The Labute approximate surface area is 187 Å². The molecule has 170 valence electrons. The molecule has 2 rings (SSSR count). The van der Waals surface area contributed by atoms with Crippen molar-refractivity contribution in [3.63, 3.8) is 0 Å². The molecule has 31 heavy (non-hydrogen) atoms. The van der Waals surface area contributed by atoms with Crippen LogP contribution in [0.25, 0.3) is 0 Å². The standard InChI is InChI=1S/C19H24ClN3O6S2/c1-13(2)22-31(27,28)14-9-10-18(29-3)16(11-14)21-19(24)12-23(30(4,25)26)17-8-6-5-7-15(17)20/h5-11,13,22H,12H2,1-4H3,(H,21,24). The van der Waals surface area contributed by atoms with E-state index in [2.05, 4.69) is 10.0 Å². The summed E-state index contributed by atoms with van der Waals surface area (Å²) in [6, 6.07) is 9.85. The zero-order chi connectivity index (χ0) is 23.4. The number of carbonyl (C=O) groups excluding carboxylic acids is 1. The largest absolute Gasteiger partial charge is 0.495 e. The summed E-state index contributed by atoms with van der Waals surface area (Å²) in [5.74, 6) is -0.504. The third-order valence-electron chi connectivity index (χ3n) is 3.95. The molecule has 0 atom stereocenters. The Hall–Kier alpha value is -2.34. The van der Waals surface area contributed by atoms with Crippen molar-refractivity contribution in [1.82, 2.24) is 4.72 Å². The molecule has 12 heteroatoms. The Bertz CT molecular complexity index is 1170. The average molecular weight is 490 g/mol. The molecule has 0 aliphatic heterocycles. The zero-order valence-corrected chi connectivity index (χ0v) is 19.8. The second-order valence-corrected chi connectivity index (χ2v) is 10.9. The van der Waals surface area contributed by atoms with Crippen molar-refractivity contribution in [1.29, 1.82) is 0 Å². The number of rotatable bonds is 9. The van der Waals surface area contributed by atoms with Gasteiger partial charge in [0.2, 0.25) is 26.0 Å². The predicted molar refractivity (Wildman–Crippen MR) is 121 cm³/mol. The second kappa shape index (κ2) is 9.86. The van der Waals surface area contributed by atoms with Crippen molar-refractivity contribution in [3.8, 4) is 5.75 Å². The van der Waals surface area contributed by atoms with Gasteiger partial charge in [0, 0.05) is 6.04 Å². The van der Waals surface area contributed by atoms with Crippen LogP contribution in [0.5, 0.6) is 5.75 Å². The average Bonchev–Trinajstić information content (AvgIpc) is 2.65. The smallest absolute Gasteiger partial charge is 0.245 e. The van der Waals surface area contributed by atoms with Crippen LogP contribution in [0.3, 0.4) is 0 Å². The molecule has 0 spiro atoms. The number of halogens is 1. The van der Waals surface area contributed by atoms with E-state index in [1.54, 1.807) is 26.0 Å². The Kier molecular flexibility index (Phi) is 7.93. The number of hydrogen-bond acceptors (Lipinski definition) is 6. The fourth-order valence-electron chi connectivity index (χ4n) is 2.69. The van der Waals surface area contributed by atoms with E-state index < -0.39 is 32.5 Å². The van der Waals surface area contributed by atoms with Crippen LogP contribution < -0.4 is 19.1 Å². The summed E-state index contributed by atoms with van der Waals surface area (Å²) in [5.41, 5.74) is 0.220. The van der Waals surface area contributed by atoms with Gasteiger partial charge in [-0.1, -0.05) is 23.7 Å². The first-order chi connectivity index (χ1) is 14.3. The molecule has 9 nitrogen and oxygen atoms in total. The number of nitrogens with zero attached hydrogens (tertiary/aromatic N) is 1. The lowest BCUT2D eigenvalue weighted by molar-refractivity contribution is -0.114. The third kappa shape index (κ3) is 6.57. The number of methoxy groups -OCH3 is 1. The molecule has 0 aromatic heterocycles. The van der Waals surface area contributed by atoms with Crippen LogP contribution in [0.4, 0.5) is 11.4 Å². The maximum Gasteiger partial charge on any atom is 0.245 e. The summed E-state index contributed by atoms with van der Waals surface area (Å²) in [5, 5.41) is 2.67. The second-order valence-electron chi connectivity index (χ2n) is 6.91. The summed E-state index contributed by atoms with van der Waals surface area (Å²) < 4.78 is 57.9. The lowest BCUT2D eigenvalue weighted by atomic mass is 10.3. The van der Waals surface area contributed by atoms with Gasteiger partial charge >= 0.3 is 0 Å². The number of nitrogens with one attached hydrogen (secondary N) is 2. The first-order valence-electron chi connectivity index (χ1n) is 9.07. The number of carbonyl (C=O) groups is 1. The van der Waals surface area contributed by atoms with Gasteiger partial charge in [-0.05, 0) is 44.2 Å². The highest BCUT2D eigenvalue weighted by molar-refractivity contribution is 7.92. The van der Waals surface area contributed by atoms with Crippen molar-refractivity contribution in [2.75, 3.05) is 29.5 Å². The molecular formula is C19H24ClN3O6S2. The SMILES string of the molecule is COc1ccc(S(=O)(=O)NC(C)C)cc1NC(=O)CN(c1ccccc1Cl)S(C)(=O)=O. The van der Waals surface area contributed by atoms with Crippen molar-refractivity contribution < 1.29 is 26.4 Å². The van der Waals surface area contributed by atoms with Crippen LogP contribution in [0, 0.1) is 0 Å². The Morgan fingerprint density at radius 2 is 1.77 bits per heavy atom. The number of amides is 1. The van der Waals surface area contributed by atoms with E-state index in [0.29, 0.717) is 0 Å². The molecule has 0 saturated carbocycles. The van der Waals surface area contributed by atoms with Crippen molar-refractivity contribution in [2.45, 2.75) is 24.8 Å². The molecule has 2 aromatic carbocycles. The molecular weight excluding hydrogens is 466 g/mol. The van der Waals surface area contributed by atoms with Gasteiger partial charge in [-0.25, -0.2) is 21.6 Å². The molecule has 0 saturated heterocycles. The number of anilines is 2. The van der Waals surface area contributed by atoms with Crippen LogP contribution in [0.1, 0.15) is 13.8 Å². The van der Waals surface area contributed by atoms with E-state index in [0.717, 1.165) is 10.6 Å². The topological polar surface area (TPSA) is 122 Å². The van der Waals surface area contributed by atoms with Gasteiger partial charge in [-0.3, -0.25) is 9.10 Å². The van der Waals surface area contributed by atoms with E-state index >= 15 is 0 Å². The summed E-state index contributed by atoms with van der Waals surface area (Å²) in [6.45, 7) is 2.78. The molecule has 0 fully saturated rings.